The van der Waals surface area contributed by atoms with Crippen LogP contribution in [0.15, 0.2) is 47.4 Å². The molecule has 0 heterocycles. The Bertz CT molecular complexity index is 823. The number of rotatable bonds is 7. The van der Waals surface area contributed by atoms with Crippen molar-refractivity contribution in [3.8, 4) is 11.5 Å². The lowest BCUT2D eigenvalue weighted by atomic mass is 10.2. The molecule has 2 rings (SSSR count). The van der Waals surface area contributed by atoms with E-state index in [2.05, 4.69) is 4.74 Å². The summed E-state index contributed by atoms with van der Waals surface area (Å²) in [7, 11) is -0.921. The molecular formula is C17H19F2NO4S. The largest absolute Gasteiger partial charge is 0.495 e. The van der Waals surface area contributed by atoms with Gasteiger partial charge in [0.05, 0.1) is 7.11 Å². The maximum Gasteiger partial charge on any atom is 0.387 e. The van der Waals surface area contributed by atoms with E-state index in [1.807, 2.05) is 0 Å². The van der Waals surface area contributed by atoms with Crippen molar-refractivity contribution in [2.75, 3.05) is 14.2 Å². The Balaban J connectivity index is 2.22. The molecule has 0 aromatic heterocycles. The van der Waals surface area contributed by atoms with Gasteiger partial charge in [-0.2, -0.15) is 13.1 Å². The summed E-state index contributed by atoms with van der Waals surface area (Å²) < 4.78 is 60.5. The summed E-state index contributed by atoms with van der Waals surface area (Å²) in [4.78, 5) is 0.0788. The Kier molecular flexibility index (Phi) is 5.97. The van der Waals surface area contributed by atoms with Crippen LogP contribution in [0.2, 0.25) is 0 Å². The van der Waals surface area contributed by atoms with Gasteiger partial charge >= 0.3 is 6.61 Å². The number of aryl methyl sites for hydroxylation is 1. The minimum Gasteiger partial charge on any atom is -0.495 e. The van der Waals surface area contributed by atoms with Gasteiger partial charge in [0.25, 0.3) is 0 Å². The van der Waals surface area contributed by atoms with E-state index in [9.17, 15) is 17.2 Å². The van der Waals surface area contributed by atoms with Gasteiger partial charge < -0.3 is 9.47 Å². The normalized spacial score (nSPS) is 11.8. The summed E-state index contributed by atoms with van der Waals surface area (Å²) in [5, 5.41) is 0. The van der Waals surface area contributed by atoms with Crippen molar-refractivity contribution in [3.63, 3.8) is 0 Å². The Morgan fingerprint density at radius 1 is 1.12 bits per heavy atom. The van der Waals surface area contributed by atoms with Crippen molar-refractivity contribution in [2.45, 2.75) is 25.0 Å². The van der Waals surface area contributed by atoms with E-state index >= 15 is 0 Å². The number of benzene rings is 2. The van der Waals surface area contributed by atoms with E-state index in [1.54, 1.807) is 25.1 Å². The van der Waals surface area contributed by atoms with Crippen molar-refractivity contribution in [2.24, 2.45) is 0 Å². The van der Waals surface area contributed by atoms with Crippen LogP contribution in [0, 0.1) is 6.92 Å². The van der Waals surface area contributed by atoms with Crippen LogP contribution in [0.1, 0.15) is 11.1 Å². The van der Waals surface area contributed by atoms with Crippen LogP contribution >= 0.6 is 0 Å². The quantitative estimate of drug-likeness (QED) is 0.748. The molecule has 0 aliphatic heterocycles. The Morgan fingerprint density at radius 3 is 2.32 bits per heavy atom. The van der Waals surface area contributed by atoms with Crippen LogP contribution in [0.4, 0.5) is 8.78 Å². The first-order valence-electron chi connectivity index (χ1n) is 7.39. The lowest BCUT2D eigenvalue weighted by Gasteiger charge is -2.19. The third kappa shape index (κ3) is 4.67. The van der Waals surface area contributed by atoms with Gasteiger partial charge in [-0.3, -0.25) is 0 Å². The number of sulfonamides is 1. The van der Waals surface area contributed by atoms with Gasteiger partial charge in [-0.25, -0.2) is 8.42 Å². The molecule has 0 bridgehead atoms. The molecule has 2 aromatic carbocycles. The molecule has 0 saturated heterocycles. The number of alkyl halides is 2. The molecule has 0 fully saturated rings. The molecule has 0 spiro atoms. The zero-order chi connectivity index (χ0) is 18.6. The SMILES string of the molecule is COc1ccc(C)cc1S(=O)(=O)N(C)Cc1ccc(OC(F)F)cc1. The number of hydrogen-bond donors (Lipinski definition) is 0. The van der Waals surface area contributed by atoms with E-state index in [0.29, 0.717) is 5.56 Å². The summed E-state index contributed by atoms with van der Waals surface area (Å²) in [5.41, 5.74) is 1.43. The second-order valence-corrected chi connectivity index (χ2v) is 7.45. The number of ether oxygens (including phenoxy) is 2. The first-order chi connectivity index (χ1) is 11.7. The zero-order valence-corrected chi connectivity index (χ0v) is 14.9. The molecule has 8 heteroatoms. The fraction of sp³-hybridized carbons (Fsp3) is 0.294. The first-order valence-corrected chi connectivity index (χ1v) is 8.83. The highest BCUT2D eigenvalue weighted by molar-refractivity contribution is 7.89. The monoisotopic (exact) mass is 371 g/mol. The summed E-state index contributed by atoms with van der Waals surface area (Å²) >= 11 is 0. The van der Waals surface area contributed by atoms with Crippen LogP contribution < -0.4 is 9.47 Å². The second-order valence-electron chi connectivity index (χ2n) is 5.44. The van der Waals surface area contributed by atoms with Gasteiger partial charge in [-0.15, -0.1) is 0 Å². The average Bonchev–Trinajstić information content (AvgIpc) is 2.56. The van der Waals surface area contributed by atoms with Crippen molar-refractivity contribution in [1.29, 1.82) is 0 Å². The Labute approximate surface area is 145 Å². The van der Waals surface area contributed by atoms with Gasteiger partial charge in [-0.05, 0) is 42.3 Å². The highest BCUT2D eigenvalue weighted by Gasteiger charge is 2.25. The predicted octanol–water partition coefficient (Wildman–Crippen LogP) is 3.43. The molecule has 0 atom stereocenters. The van der Waals surface area contributed by atoms with Crippen LogP contribution in [-0.4, -0.2) is 33.5 Å². The van der Waals surface area contributed by atoms with Crippen molar-refractivity contribution < 1.29 is 26.7 Å². The molecule has 25 heavy (non-hydrogen) atoms. The minimum absolute atomic E-state index is 0.0182. The fourth-order valence-electron chi connectivity index (χ4n) is 2.27. The van der Waals surface area contributed by atoms with Gasteiger partial charge in [0.15, 0.2) is 0 Å². The molecule has 2 aromatic rings. The van der Waals surface area contributed by atoms with Gasteiger partial charge in [-0.1, -0.05) is 18.2 Å². The summed E-state index contributed by atoms with van der Waals surface area (Å²) in [6.45, 7) is -1.03. The average molecular weight is 371 g/mol. The number of methoxy groups -OCH3 is 1. The molecule has 0 radical (unpaired) electrons. The van der Waals surface area contributed by atoms with E-state index in [0.717, 1.165) is 5.56 Å². The van der Waals surface area contributed by atoms with Crippen LogP contribution in [0.5, 0.6) is 11.5 Å². The lowest BCUT2D eigenvalue weighted by molar-refractivity contribution is -0.0498. The third-order valence-electron chi connectivity index (χ3n) is 3.56. The summed E-state index contributed by atoms with van der Waals surface area (Å²) in [6.07, 6.45) is 0. The topological polar surface area (TPSA) is 55.8 Å². The maximum absolute atomic E-state index is 12.8. The predicted molar refractivity (Wildman–Crippen MR) is 89.5 cm³/mol. The van der Waals surface area contributed by atoms with Crippen molar-refractivity contribution >= 4 is 10.0 Å². The van der Waals surface area contributed by atoms with Crippen molar-refractivity contribution in [1.82, 2.24) is 4.31 Å². The molecule has 0 unspecified atom stereocenters. The van der Waals surface area contributed by atoms with E-state index < -0.39 is 16.6 Å². The van der Waals surface area contributed by atoms with Gasteiger partial charge in [0, 0.05) is 13.6 Å². The standard InChI is InChI=1S/C17H19F2NO4S/c1-12-4-9-15(23-3)16(10-12)25(21,22)20(2)11-13-5-7-14(8-6-13)24-17(18)19/h4-10,17H,11H2,1-3H3. The molecule has 0 N–H and O–H groups in total. The fourth-order valence-corrected chi connectivity index (χ4v) is 3.67. The molecule has 0 amide bonds. The van der Waals surface area contributed by atoms with Crippen LogP contribution in [-0.2, 0) is 16.6 Å². The smallest absolute Gasteiger partial charge is 0.387 e. The van der Waals surface area contributed by atoms with Crippen LogP contribution in [0.25, 0.3) is 0 Å². The molecule has 136 valence electrons. The Morgan fingerprint density at radius 2 is 1.76 bits per heavy atom. The van der Waals surface area contributed by atoms with E-state index in [-0.39, 0.29) is 22.9 Å². The van der Waals surface area contributed by atoms with Crippen molar-refractivity contribution in [3.05, 3.63) is 53.6 Å². The van der Waals surface area contributed by atoms with E-state index in [4.69, 9.17) is 4.74 Å². The first kappa shape index (κ1) is 19.1. The number of hydrogen-bond acceptors (Lipinski definition) is 4. The molecule has 5 nitrogen and oxygen atoms in total. The van der Waals surface area contributed by atoms with E-state index in [1.165, 1.54) is 42.7 Å². The maximum atomic E-state index is 12.8. The molecule has 0 aliphatic rings. The number of nitrogens with zero attached hydrogens (tertiary/aromatic N) is 1. The molecule has 0 aliphatic carbocycles. The lowest BCUT2D eigenvalue weighted by Crippen LogP contribution is -2.27. The number of halogens is 2. The highest BCUT2D eigenvalue weighted by Crippen LogP contribution is 2.28. The summed E-state index contributed by atoms with van der Waals surface area (Å²) in [6, 6.07) is 10.7. The molecule has 0 saturated carbocycles. The van der Waals surface area contributed by atoms with Gasteiger partial charge in [0.2, 0.25) is 10.0 Å². The highest BCUT2D eigenvalue weighted by atomic mass is 32.2. The van der Waals surface area contributed by atoms with Gasteiger partial charge in [0.1, 0.15) is 16.4 Å². The van der Waals surface area contributed by atoms with Crippen LogP contribution in [0.3, 0.4) is 0 Å². The Hall–Kier alpha value is -2.19. The minimum atomic E-state index is -3.77. The zero-order valence-electron chi connectivity index (χ0n) is 14.1. The molecular weight excluding hydrogens is 352 g/mol. The second kappa shape index (κ2) is 7.79. The summed E-state index contributed by atoms with van der Waals surface area (Å²) in [5.74, 6) is 0.280. The third-order valence-corrected chi connectivity index (χ3v) is 5.39.